The Morgan fingerprint density at radius 2 is 2.14 bits per heavy atom. The smallest absolute Gasteiger partial charge is 0.257 e. The Labute approximate surface area is 124 Å². The Bertz CT molecular complexity index is 669. The maximum atomic E-state index is 12.7. The van der Waals surface area contributed by atoms with Crippen LogP contribution in [0, 0.1) is 0 Å². The van der Waals surface area contributed by atoms with Crippen LogP contribution in [0.2, 0.25) is 0 Å². The van der Waals surface area contributed by atoms with E-state index in [2.05, 4.69) is 5.32 Å². The number of hydrogen-bond acceptors (Lipinski definition) is 3. The third-order valence-electron chi connectivity index (χ3n) is 4.21. The molecule has 0 aliphatic carbocycles. The van der Waals surface area contributed by atoms with Crippen LogP contribution in [0.15, 0.2) is 36.4 Å². The SMILES string of the molecule is CNCC1CCCN1C(=O)c1ccc2ccccc2c1O. The molecule has 2 aromatic carbocycles. The van der Waals surface area contributed by atoms with Gasteiger partial charge in [0.15, 0.2) is 0 Å². The quantitative estimate of drug-likeness (QED) is 0.910. The molecule has 1 atom stereocenters. The van der Waals surface area contributed by atoms with E-state index in [-0.39, 0.29) is 17.7 Å². The van der Waals surface area contributed by atoms with Crippen LogP contribution >= 0.6 is 0 Å². The molecule has 1 fully saturated rings. The van der Waals surface area contributed by atoms with Crippen molar-refractivity contribution in [2.24, 2.45) is 0 Å². The molecule has 2 N–H and O–H groups in total. The van der Waals surface area contributed by atoms with E-state index in [0.717, 1.165) is 36.7 Å². The lowest BCUT2D eigenvalue weighted by atomic mass is 10.0. The van der Waals surface area contributed by atoms with E-state index in [1.54, 1.807) is 6.07 Å². The minimum absolute atomic E-state index is 0.0731. The molecule has 4 nitrogen and oxygen atoms in total. The summed E-state index contributed by atoms with van der Waals surface area (Å²) in [6.45, 7) is 1.55. The highest BCUT2D eigenvalue weighted by Gasteiger charge is 2.30. The van der Waals surface area contributed by atoms with E-state index in [0.29, 0.717) is 5.56 Å². The lowest BCUT2D eigenvalue weighted by Gasteiger charge is -2.25. The summed E-state index contributed by atoms with van der Waals surface area (Å²) < 4.78 is 0. The number of rotatable bonds is 3. The number of fused-ring (bicyclic) bond motifs is 1. The Hall–Kier alpha value is -2.07. The van der Waals surface area contributed by atoms with E-state index in [9.17, 15) is 9.90 Å². The second-order valence-electron chi connectivity index (χ2n) is 5.54. The molecule has 0 saturated carbocycles. The van der Waals surface area contributed by atoms with Crippen LogP contribution < -0.4 is 5.32 Å². The molecular weight excluding hydrogens is 264 g/mol. The van der Waals surface area contributed by atoms with Crippen molar-refractivity contribution >= 4 is 16.7 Å². The number of amides is 1. The number of phenolic OH excluding ortho intramolecular Hbond substituents is 1. The van der Waals surface area contributed by atoms with Crippen molar-refractivity contribution in [2.75, 3.05) is 20.1 Å². The van der Waals surface area contributed by atoms with Gasteiger partial charge in [-0.1, -0.05) is 30.3 Å². The van der Waals surface area contributed by atoms with Gasteiger partial charge in [-0.15, -0.1) is 0 Å². The molecule has 21 heavy (non-hydrogen) atoms. The minimum Gasteiger partial charge on any atom is -0.506 e. The predicted molar refractivity (Wildman–Crippen MR) is 83.6 cm³/mol. The molecule has 1 amide bonds. The summed E-state index contributed by atoms with van der Waals surface area (Å²) in [5.74, 6) is 0.0178. The fourth-order valence-electron chi connectivity index (χ4n) is 3.13. The summed E-state index contributed by atoms with van der Waals surface area (Å²) in [5.41, 5.74) is 0.400. The largest absolute Gasteiger partial charge is 0.506 e. The maximum absolute atomic E-state index is 12.7. The minimum atomic E-state index is -0.0731. The molecule has 0 spiro atoms. The number of carbonyl (C=O) groups excluding carboxylic acids is 1. The zero-order chi connectivity index (χ0) is 14.8. The second kappa shape index (κ2) is 5.74. The van der Waals surface area contributed by atoms with Gasteiger partial charge in [-0.2, -0.15) is 0 Å². The van der Waals surface area contributed by atoms with Crippen molar-refractivity contribution in [3.63, 3.8) is 0 Å². The Morgan fingerprint density at radius 3 is 2.95 bits per heavy atom. The third kappa shape index (κ3) is 2.47. The molecular formula is C17H20N2O2. The van der Waals surface area contributed by atoms with Gasteiger partial charge < -0.3 is 15.3 Å². The number of likely N-dealkylation sites (tertiary alicyclic amines) is 1. The summed E-state index contributed by atoms with van der Waals surface area (Å²) in [5, 5.41) is 15.2. The van der Waals surface area contributed by atoms with Gasteiger partial charge in [0, 0.05) is 24.5 Å². The van der Waals surface area contributed by atoms with Gasteiger partial charge >= 0.3 is 0 Å². The molecule has 1 aliphatic rings. The monoisotopic (exact) mass is 284 g/mol. The van der Waals surface area contributed by atoms with Crippen LogP contribution in [0.25, 0.3) is 10.8 Å². The fraction of sp³-hybridized carbons (Fsp3) is 0.353. The summed E-state index contributed by atoms with van der Waals surface area (Å²) in [7, 11) is 1.90. The third-order valence-corrected chi connectivity index (χ3v) is 4.21. The van der Waals surface area contributed by atoms with Crippen LogP contribution in [-0.2, 0) is 0 Å². The molecule has 1 saturated heterocycles. The zero-order valence-corrected chi connectivity index (χ0v) is 12.2. The van der Waals surface area contributed by atoms with Crippen LogP contribution in [0.5, 0.6) is 5.75 Å². The average Bonchev–Trinajstić information content (AvgIpc) is 2.96. The van der Waals surface area contributed by atoms with Gasteiger partial charge in [-0.3, -0.25) is 4.79 Å². The van der Waals surface area contributed by atoms with Crippen molar-refractivity contribution in [3.8, 4) is 5.75 Å². The van der Waals surface area contributed by atoms with Crippen LogP contribution in [0.4, 0.5) is 0 Å². The standard InChI is InChI=1S/C17H20N2O2/c1-18-11-13-6-4-10-19(13)17(21)15-9-8-12-5-2-3-7-14(12)16(15)20/h2-3,5,7-9,13,18,20H,4,6,10-11H2,1H3. The highest BCUT2D eigenvalue weighted by molar-refractivity contribution is 6.03. The summed E-state index contributed by atoms with van der Waals surface area (Å²) in [6, 6.07) is 11.4. The molecule has 1 heterocycles. The number of aromatic hydroxyl groups is 1. The van der Waals surface area contributed by atoms with Crippen molar-refractivity contribution in [2.45, 2.75) is 18.9 Å². The Kier molecular flexibility index (Phi) is 3.80. The summed E-state index contributed by atoms with van der Waals surface area (Å²) in [4.78, 5) is 14.6. The summed E-state index contributed by atoms with van der Waals surface area (Å²) in [6.07, 6.45) is 2.04. The molecule has 3 rings (SSSR count). The first kappa shape index (κ1) is 13.9. The van der Waals surface area contributed by atoms with E-state index >= 15 is 0 Å². The average molecular weight is 284 g/mol. The van der Waals surface area contributed by atoms with E-state index < -0.39 is 0 Å². The number of nitrogens with one attached hydrogen (secondary N) is 1. The highest BCUT2D eigenvalue weighted by atomic mass is 16.3. The zero-order valence-electron chi connectivity index (χ0n) is 12.2. The van der Waals surface area contributed by atoms with Gasteiger partial charge in [0.2, 0.25) is 0 Å². The van der Waals surface area contributed by atoms with Crippen molar-refractivity contribution in [1.82, 2.24) is 10.2 Å². The van der Waals surface area contributed by atoms with Gasteiger partial charge in [0.05, 0.1) is 5.56 Å². The van der Waals surface area contributed by atoms with Crippen LogP contribution in [0.1, 0.15) is 23.2 Å². The molecule has 1 unspecified atom stereocenters. The molecule has 0 radical (unpaired) electrons. The number of likely N-dealkylation sites (N-methyl/N-ethyl adjacent to an activating group) is 1. The number of benzene rings is 2. The van der Waals surface area contributed by atoms with Crippen molar-refractivity contribution in [3.05, 3.63) is 42.0 Å². The first-order chi connectivity index (χ1) is 10.2. The fourth-order valence-corrected chi connectivity index (χ4v) is 3.13. The van der Waals surface area contributed by atoms with E-state index in [1.807, 2.05) is 42.3 Å². The first-order valence-corrected chi connectivity index (χ1v) is 7.38. The molecule has 0 bridgehead atoms. The normalized spacial score (nSPS) is 18.3. The Morgan fingerprint density at radius 1 is 1.33 bits per heavy atom. The van der Waals surface area contributed by atoms with Crippen LogP contribution in [-0.4, -0.2) is 42.1 Å². The lowest BCUT2D eigenvalue weighted by Crippen LogP contribution is -2.40. The molecule has 2 aromatic rings. The van der Waals surface area contributed by atoms with E-state index in [4.69, 9.17) is 0 Å². The van der Waals surface area contributed by atoms with Crippen molar-refractivity contribution < 1.29 is 9.90 Å². The Balaban J connectivity index is 1.96. The van der Waals surface area contributed by atoms with Gasteiger partial charge in [0.1, 0.15) is 5.75 Å². The number of carbonyl (C=O) groups is 1. The van der Waals surface area contributed by atoms with Gasteiger partial charge in [-0.05, 0) is 31.3 Å². The highest BCUT2D eigenvalue weighted by Crippen LogP contribution is 2.31. The number of phenols is 1. The van der Waals surface area contributed by atoms with Crippen molar-refractivity contribution in [1.29, 1.82) is 0 Å². The molecule has 4 heteroatoms. The maximum Gasteiger partial charge on any atom is 0.257 e. The molecule has 1 aliphatic heterocycles. The lowest BCUT2D eigenvalue weighted by molar-refractivity contribution is 0.0734. The topological polar surface area (TPSA) is 52.6 Å². The first-order valence-electron chi connectivity index (χ1n) is 7.38. The second-order valence-corrected chi connectivity index (χ2v) is 5.54. The summed E-state index contributed by atoms with van der Waals surface area (Å²) >= 11 is 0. The molecule has 110 valence electrons. The van der Waals surface area contributed by atoms with E-state index in [1.165, 1.54) is 0 Å². The van der Waals surface area contributed by atoms with Crippen LogP contribution in [0.3, 0.4) is 0 Å². The number of hydrogen-bond donors (Lipinski definition) is 2. The predicted octanol–water partition coefficient (Wildman–Crippen LogP) is 2.37. The van der Waals surface area contributed by atoms with Gasteiger partial charge in [-0.25, -0.2) is 0 Å². The molecule has 0 aromatic heterocycles. The number of nitrogens with zero attached hydrogens (tertiary/aromatic N) is 1. The van der Waals surface area contributed by atoms with Gasteiger partial charge in [0.25, 0.3) is 5.91 Å².